The molecule has 0 fully saturated rings. The molecule has 0 aliphatic carbocycles. The molecule has 0 unspecified atom stereocenters. The molecule has 0 amide bonds. The van der Waals surface area contributed by atoms with Gasteiger partial charge >= 0.3 is 15.5 Å². The van der Waals surface area contributed by atoms with Gasteiger partial charge in [-0.05, 0) is 0 Å². The summed E-state index contributed by atoms with van der Waals surface area (Å²) >= 11 is 0. The van der Waals surface area contributed by atoms with Gasteiger partial charge in [0.15, 0.2) is 0 Å². The van der Waals surface area contributed by atoms with E-state index in [9.17, 15) is 4.57 Å². The first kappa shape index (κ1) is 9.87. The van der Waals surface area contributed by atoms with Crippen LogP contribution in [-0.4, -0.2) is 24.1 Å². The zero-order chi connectivity index (χ0) is 8.04. The van der Waals surface area contributed by atoms with Crippen molar-refractivity contribution >= 4 is 15.5 Å². The molecular weight excluding hydrogens is 158 g/mol. The molecule has 0 bridgehead atoms. The molecule has 0 aromatic carbocycles. The van der Waals surface area contributed by atoms with Crippen LogP contribution in [0.1, 0.15) is 0 Å². The molecule has 0 saturated heterocycles. The third kappa shape index (κ3) is 7.87. The molecule has 5 nitrogen and oxygen atoms in total. The zero-order valence-electron chi connectivity index (χ0n) is 5.14. The van der Waals surface area contributed by atoms with Crippen LogP contribution in [0, 0.1) is 0 Å². The van der Waals surface area contributed by atoms with Crippen molar-refractivity contribution in [3.8, 4) is 0 Å². The van der Waals surface area contributed by atoms with Crippen LogP contribution in [0.15, 0.2) is 12.7 Å². The fourth-order valence-electron chi connectivity index (χ4n) is 0.194. The van der Waals surface area contributed by atoms with Crippen LogP contribution in [0.3, 0.4) is 0 Å². The van der Waals surface area contributed by atoms with E-state index in [0.29, 0.717) is 7.69 Å². The fourth-order valence-corrected chi connectivity index (χ4v) is 0.367. The van der Waals surface area contributed by atoms with Gasteiger partial charge in [-0.3, -0.25) is 0 Å². The largest absolute Gasteiger partial charge is 0.497 e. The minimum Gasteiger partial charge on any atom is -0.409 e. The maximum atomic E-state index is 9.93. The second-order valence-electron chi connectivity index (χ2n) is 1.31. The van der Waals surface area contributed by atoms with Crippen LogP contribution in [0.2, 0.25) is 0 Å². The van der Waals surface area contributed by atoms with E-state index < -0.39 is 7.82 Å². The molecule has 0 saturated carbocycles. The van der Waals surface area contributed by atoms with Gasteiger partial charge in [0.05, 0.1) is 0 Å². The molecule has 0 atom stereocenters. The minimum absolute atomic E-state index is 0.153. The van der Waals surface area contributed by atoms with Crippen molar-refractivity contribution in [1.29, 1.82) is 0 Å². The lowest BCUT2D eigenvalue weighted by Gasteiger charge is -2.01. The number of rotatable bonds is 5. The van der Waals surface area contributed by atoms with E-state index in [1.807, 2.05) is 0 Å². The average Bonchev–Trinajstić information content (AvgIpc) is 1.78. The minimum atomic E-state index is -4.42. The Morgan fingerprint density at radius 3 is 2.70 bits per heavy atom. The topological polar surface area (TPSA) is 76.0 Å². The summed E-state index contributed by atoms with van der Waals surface area (Å²) in [5.74, 6) is 0. The summed E-state index contributed by atoms with van der Waals surface area (Å²) in [7, 11) is -3.83. The summed E-state index contributed by atoms with van der Waals surface area (Å²) in [6, 6.07) is 0. The average molecular weight is 165 g/mol. The Bertz CT molecular complexity index is 142. The molecule has 7 heteroatoms. The first-order valence-electron chi connectivity index (χ1n) is 2.34. The summed E-state index contributed by atoms with van der Waals surface area (Å²) in [5, 5.41) is 0. The van der Waals surface area contributed by atoms with Crippen LogP contribution < -0.4 is 0 Å². The Hall–Kier alpha value is -0.125. The van der Waals surface area contributed by atoms with Gasteiger partial charge in [0.25, 0.3) is 0 Å². The van der Waals surface area contributed by atoms with Gasteiger partial charge in [-0.2, -0.15) is 0 Å². The Morgan fingerprint density at radius 2 is 2.30 bits per heavy atom. The van der Waals surface area contributed by atoms with Gasteiger partial charge in [0.2, 0.25) is 0 Å². The fraction of sp³-hybridized carbons (Fsp3) is 0.333. The molecule has 0 aromatic heterocycles. The van der Waals surface area contributed by atoms with Crippen molar-refractivity contribution in [3.05, 3.63) is 12.7 Å². The normalized spacial score (nSPS) is 11.0. The molecule has 1 radical (unpaired) electrons. The first-order chi connectivity index (χ1) is 4.56. The predicted octanol–water partition coefficient (Wildman–Crippen LogP) is -0.168. The molecule has 0 rings (SSSR count). The van der Waals surface area contributed by atoms with Gasteiger partial charge in [-0.1, -0.05) is 6.08 Å². The lowest BCUT2D eigenvalue weighted by atomic mass is 10.4. The van der Waals surface area contributed by atoms with Crippen molar-refractivity contribution < 1.29 is 23.4 Å². The molecule has 10 heavy (non-hydrogen) atoms. The van der Waals surface area contributed by atoms with Crippen molar-refractivity contribution in [2.24, 2.45) is 0 Å². The summed E-state index contributed by atoms with van der Waals surface area (Å²) in [6.07, 6.45) is 1.42. The second-order valence-corrected chi connectivity index (χ2v) is 2.51. The molecule has 57 valence electrons. The number of hydrogen-bond donors (Lipinski definition) is 2. The quantitative estimate of drug-likeness (QED) is 0.256. The second kappa shape index (κ2) is 4.65. The van der Waals surface area contributed by atoms with Gasteiger partial charge in [-0.25, -0.2) is 4.57 Å². The highest BCUT2D eigenvalue weighted by molar-refractivity contribution is 7.47. The number of phosphoric acid groups is 1. The summed E-state index contributed by atoms with van der Waals surface area (Å²) in [4.78, 5) is 16.1. The molecule has 0 aromatic rings. The van der Waals surface area contributed by atoms with Gasteiger partial charge in [0, 0.05) is 6.61 Å². The highest BCUT2D eigenvalue weighted by Crippen LogP contribution is 2.34. The van der Waals surface area contributed by atoms with Crippen molar-refractivity contribution in [1.82, 2.24) is 0 Å². The lowest BCUT2D eigenvalue weighted by molar-refractivity contribution is 0.251. The van der Waals surface area contributed by atoms with Crippen molar-refractivity contribution in [3.63, 3.8) is 0 Å². The van der Waals surface area contributed by atoms with E-state index >= 15 is 0 Å². The first-order valence-corrected chi connectivity index (χ1v) is 3.87. The highest BCUT2D eigenvalue weighted by atomic mass is 31.2. The third-order valence-electron chi connectivity index (χ3n) is 0.462. The van der Waals surface area contributed by atoms with E-state index in [1.54, 1.807) is 0 Å². The molecular formula is C3H7BO5P. The van der Waals surface area contributed by atoms with E-state index in [0.717, 1.165) is 0 Å². The summed E-state index contributed by atoms with van der Waals surface area (Å²) in [5.41, 5.74) is 0. The maximum absolute atomic E-state index is 9.93. The molecule has 2 N–H and O–H groups in total. The zero-order valence-corrected chi connectivity index (χ0v) is 6.03. The van der Waals surface area contributed by atoms with Gasteiger partial charge in [0.1, 0.15) is 0 Å². The van der Waals surface area contributed by atoms with Crippen molar-refractivity contribution in [2.75, 3.05) is 6.61 Å². The van der Waals surface area contributed by atoms with Crippen LogP contribution in [0.4, 0.5) is 0 Å². The monoisotopic (exact) mass is 165 g/mol. The predicted molar refractivity (Wildman–Crippen MR) is 35.0 cm³/mol. The molecule has 0 heterocycles. The summed E-state index contributed by atoms with van der Waals surface area (Å²) < 4.78 is 18.1. The van der Waals surface area contributed by atoms with Crippen LogP contribution >= 0.6 is 7.82 Å². The van der Waals surface area contributed by atoms with Crippen LogP contribution in [0.25, 0.3) is 0 Å². The van der Waals surface area contributed by atoms with Crippen LogP contribution in [0.5, 0.6) is 0 Å². The Labute approximate surface area is 59.2 Å². The van der Waals surface area contributed by atoms with E-state index in [-0.39, 0.29) is 6.61 Å². The molecule has 0 aliphatic rings. The van der Waals surface area contributed by atoms with E-state index in [2.05, 4.69) is 15.7 Å². The van der Waals surface area contributed by atoms with Crippen molar-refractivity contribution in [2.45, 2.75) is 0 Å². The third-order valence-corrected chi connectivity index (χ3v) is 0.823. The van der Waals surface area contributed by atoms with E-state index in [4.69, 9.17) is 9.79 Å². The Morgan fingerprint density at radius 1 is 1.70 bits per heavy atom. The summed E-state index contributed by atoms with van der Waals surface area (Å²) in [6.45, 7) is 3.45. The smallest absolute Gasteiger partial charge is 0.409 e. The SMILES string of the molecule is C=CCO[B]OP(=O)(O)O. The lowest BCUT2D eigenvalue weighted by Crippen LogP contribution is -2.02. The van der Waals surface area contributed by atoms with Crippen LogP contribution in [-0.2, 0) is 13.7 Å². The Kier molecular flexibility index (Phi) is 4.60. The number of hydrogen-bond acceptors (Lipinski definition) is 3. The van der Waals surface area contributed by atoms with E-state index in [1.165, 1.54) is 6.08 Å². The maximum Gasteiger partial charge on any atom is 0.497 e. The molecule has 0 aliphatic heterocycles. The van der Waals surface area contributed by atoms with Gasteiger partial charge in [-0.15, -0.1) is 6.58 Å². The Balaban J connectivity index is 3.20. The highest BCUT2D eigenvalue weighted by Gasteiger charge is 2.14. The molecule has 0 spiro atoms. The van der Waals surface area contributed by atoms with Gasteiger partial charge < -0.3 is 18.9 Å². The standard InChI is InChI=1S/C3H7BO5P/c1-2-3-8-4-9-10(5,6)7/h2H,1,3H2,(H2,5,6,7).